The normalized spacial score (nSPS) is 24.6. The number of nitrogens with zero attached hydrogens (tertiary/aromatic N) is 1. The van der Waals surface area contributed by atoms with Crippen LogP contribution in [-0.4, -0.2) is 48.2 Å². The second kappa shape index (κ2) is 4.95. The van der Waals surface area contributed by atoms with Gasteiger partial charge in [0.2, 0.25) is 5.91 Å². The van der Waals surface area contributed by atoms with E-state index >= 15 is 0 Å². The molecule has 16 heavy (non-hydrogen) atoms. The van der Waals surface area contributed by atoms with Crippen LogP contribution in [0.1, 0.15) is 4.88 Å². The summed E-state index contributed by atoms with van der Waals surface area (Å²) in [7, 11) is 1.76. The molecule has 2 atom stereocenters. The Balaban J connectivity index is 1.94. The third-order valence-electron chi connectivity index (χ3n) is 2.95. The minimum atomic E-state index is -0.447. The number of β-amino-alcohol motifs (C(OH)–C–C–N with tert-alkyl or cyclic N) is 1. The molecule has 2 rings (SSSR count). The highest BCUT2D eigenvalue weighted by atomic mass is 32.1. The van der Waals surface area contributed by atoms with E-state index in [2.05, 4.69) is 5.32 Å². The second-order valence-electron chi connectivity index (χ2n) is 4.05. The second-order valence-corrected chi connectivity index (χ2v) is 5.09. The summed E-state index contributed by atoms with van der Waals surface area (Å²) in [6.45, 7) is 1.25. The Labute approximate surface area is 98.9 Å². The van der Waals surface area contributed by atoms with E-state index in [1.807, 2.05) is 17.5 Å². The maximum Gasteiger partial charge on any atom is 0.227 e. The lowest BCUT2D eigenvalue weighted by atomic mass is 10.2. The van der Waals surface area contributed by atoms with Gasteiger partial charge in [0, 0.05) is 25.0 Å². The molecule has 2 N–H and O–H groups in total. The lowest BCUT2D eigenvalue weighted by Crippen LogP contribution is -2.44. The third-order valence-corrected chi connectivity index (χ3v) is 3.82. The van der Waals surface area contributed by atoms with Crippen LogP contribution in [0.2, 0.25) is 0 Å². The molecule has 0 saturated carbocycles. The summed E-state index contributed by atoms with van der Waals surface area (Å²) >= 11 is 1.59. The zero-order chi connectivity index (χ0) is 11.5. The van der Waals surface area contributed by atoms with Crippen molar-refractivity contribution in [2.24, 2.45) is 0 Å². The van der Waals surface area contributed by atoms with Crippen LogP contribution in [0.4, 0.5) is 0 Å². The summed E-state index contributed by atoms with van der Waals surface area (Å²) < 4.78 is 0. The molecule has 0 radical (unpaired) electrons. The van der Waals surface area contributed by atoms with Gasteiger partial charge in [-0.3, -0.25) is 4.79 Å². The summed E-state index contributed by atoms with van der Waals surface area (Å²) in [6.07, 6.45) is -0.0190. The molecule has 1 fully saturated rings. The van der Waals surface area contributed by atoms with Crippen molar-refractivity contribution in [2.45, 2.75) is 18.6 Å². The zero-order valence-electron chi connectivity index (χ0n) is 9.22. The maximum atomic E-state index is 11.9. The Hall–Kier alpha value is -0.910. The van der Waals surface area contributed by atoms with Crippen LogP contribution in [0.15, 0.2) is 17.5 Å². The zero-order valence-corrected chi connectivity index (χ0v) is 10.0. The summed E-state index contributed by atoms with van der Waals surface area (Å²) in [5, 5.41) is 14.7. The van der Waals surface area contributed by atoms with E-state index < -0.39 is 6.10 Å². The summed E-state index contributed by atoms with van der Waals surface area (Å²) in [5.74, 6) is 0.0650. The first-order valence-corrected chi connectivity index (χ1v) is 6.23. The Morgan fingerprint density at radius 2 is 2.50 bits per heavy atom. The number of amides is 1. The van der Waals surface area contributed by atoms with E-state index in [1.54, 1.807) is 23.3 Å². The van der Waals surface area contributed by atoms with Crippen LogP contribution in [0, 0.1) is 0 Å². The largest absolute Gasteiger partial charge is 0.390 e. The molecule has 2 unspecified atom stereocenters. The molecule has 1 saturated heterocycles. The Kier molecular flexibility index (Phi) is 3.58. The van der Waals surface area contributed by atoms with E-state index in [0.29, 0.717) is 19.5 Å². The van der Waals surface area contributed by atoms with Crippen LogP contribution in [0.5, 0.6) is 0 Å². The molecule has 1 aromatic heterocycles. The number of nitrogens with one attached hydrogen (secondary N) is 1. The van der Waals surface area contributed by atoms with Crippen LogP contribution in [0.25, 0.3) is 0 Å². The predicted octanol–water partition coefficient (Wildman–Crippen LogP) is 0.0817. The Bertz CT molecular complexity index is 353. The van der Waals surface area contributed by atoms with Crippen LogP contribution >= 0.6 is 11.3 Å². The highest BCUT2D eigenvalue weighted by molar-refractivity contribution is 7.10. The van der Waals surface area contributed by atoms with E-state index in [0.717, 1.165) is 4.88 Å². The van der Waals surface area contributed by atoms with Crippen molar-refractivity contribution < 1.29 is 9.90 Å². The van der Waals surface area contributed by atoms with E-state index in [9.17, 15) is 9.90 Å². The van der Waals surface area contributed by atoms with Gasteiger partial charge < -0.3 is 15.3 Å². The molecule has 5 heteroatoms. The lowest BCUT2D eigenvalue weighted by molar-refractivity contribution is -0.132. The Morgan fingerprint density at radius 1 is 1.69 bits per heavy atom. The monoisotopic (exact) mass is 240 g/mol. The predicted molar refractivity (Wildman–Crippen MR) is 63.5 cm³/mol. The van der Waals surface area contributed by atoms with Crippen molar-refractivity contribution in [2.75, 3.05) is 20.1 Å². The van der Waals surface area contributed by atoms with Crippen molar-refractivity contribution >= 4 is 17.2 Å². The number of carbonyl (C=O) groups is 1. The highest BCUT2D eigenvalue weighted by Crippen LogP contribution is 2.13. The molecule has 4 nitrogen and oxygen atoms in total. The van der Waals surface area contributed by atoms with Gasteiger partial charge in [-0.1, -0.05) is 6.07 Å². The maximum absolute atomic E-state index is 11.9. The van der Waals surface area contributed by atoms with Gasteiger partial charge in [-0.15, -0.1) is 11.3 Å². The van der Waals surface area contributed by atoms with Crippen LogP contribution < -0.4 is 5.32 Å². The van der Waals surface area contributed by atoms with Crippen molar-refractivity contribution in [3.05, 3.63) is 22.4 Å². The fraction of sp³-hybridized carbons (Fsp3) is 0.545. The fourth-order valence-corrected chi connectivity index (χ4v) is 2.61. The number of aliphatic hydroxyl groups is 1. The molecular weight excluding hydrogens is 224 g/mol. The number of aliphatic hydroxyl groups excluding tert-OH is 1. The number of carbonyl (C=O) groups excluding carboxylic acids is 1. The van der Waals surface area contributed by atoms with Crippen molar-refractivity contribution in [3.63, 3.8) is 0 Å². The highest BCUT2D eigenvalue weighted by Gasteiger charge is 2.30. The molecule has 1 aromatic rings. The summed E-state index contributed by atoms with van der Waals surface area (Å²) in [4.78, 5) is 14.7. The third kappa shape index (κ3) is 2.42. The van der Waals surface area contributed by atoms with Gasteiger partial charge >= 0.3 is 0 Å². The van der Waals surface area contributed by atoms with Gasteiger partial charge in [0.1, 0.15) is 0 Å². The first-order chi connectivity index (χ1) is 7.68. The average Bonchev–Trinajstić information content (AvgIpc) is 2.88. The van der Waals surface area contributed by atoms with E-state index in [1.165, 1.54) is 0 Å². The molecule has 1 aliphatic rings. The molecule has 0 aromatic carbocycles. The molecule has 0 spiro atoms. The number of rotatable bonds is 3. The molecule has 0 aliphatic carbocycles. The Morgan fingerprint density at radius 3 is 3.06 bits per heavy atom. The summed E-state index contributed by atoms with van der Waals surface area (Å²) in [6, 6.07) is 3.81. The topological polar surface area (TPSA) is 52.6 Å². The first-order valence-electron chi connectivity index (χ1n) is 5.35. The minimum Gasteiger partial charge on any atom is -0.390 e. The molecule has 1 amide bonds. The number of thiophene rings is 1. The van der Waals surface area contributed by atoms with Gasteiger partial charge in [0.15, 0.2) is 0 Å². The van der Waals surface area contributed by atoms with Gasteiger partial charge in [-0.2, -0.15) is 0 Å². The number of hydrogen-bond donors (Lipinski definition) is 2. The SMILES string of the molecule is CN(C(=O)Cc1cccs1)C1CNCC1O. The summed E-state index contributed by atoms with van der Waals surface area (Å²) in [5.41, 5.74) is 0. The minimum absolute atomic E-state index is 0.0650. The van der Waals surface area contributed by atoms with Gasteiger partial charge in [-0.05, 0) is 11.4 Å². The smallest absolute Gasteiger partial charge is 0.227 e. The quantitative estimate of drug-likeness (QED) is 0.787. The number of likely N-dealkylation sites (N-methyl/N-ethyl adjacent to an activating group) is 1. The average molecular weight is 240 g/mol. The van der Waals surface area contributed by atoms with Crippen LogP contribution in [0.3, 0.4) is 0 Å². The van der Waals surface area contributed by atoms with Gasteiger partial charge in [0.05, 0.1) is 18.6 Å². The van der Waals surface area contributed by atoms with Crippen molar-refractivity contribution in [1.29, 1.82) is 0 Å². The van der Waals surface area contributed by atoms with Crippen molar-refractivity contribution in [3.8, 4) is 0 Å². The standard InChI is InChI=1S/C11H16N2O2S/c1-13(9-6-12-7-10(9)14)11(15)5-8-3-2-4-16-8/h2-4,9-10,12,14H,5-7H2,1H3. The van der Waals surface area contributed by atoms with E-state index in [4.69, 9.17) is 0 Å². The van der Waals surface area contributed by atoms with Gasteiger partial charge in [0.25, 0.3) is 0 Å². The van der Waals surface area contributed by atoms with Crippen LogP contribution in [-0.2, 0) is 11.2 Å². The van der Waals surface area contributed by atoms with E-state index in [-0.39, 0.29) is 11.9 Å². The molecular formula is C11H16N2O2S. The molecule has 1 aliphatic heterocycles. The lowest BCUT2D eigenvalue weighted by Gasteiger charge is -2.26. The first kappa shape index (κ1) is 11.6. The molecule has 2 heterocycles. The molecule has 0 bridgehead atoms. The van der Waals surface area contributed by atoms with Crippen molar-refractivity contribution in [1.82, 2.24) is 10.2 Å². The molecule has 88 valence electrons. The fourth-order valence-electron chi connectivity index (χ4n) is 1.92. The number of hydrogen-bond acceptors (Lipinski definition) is 4. The van der Waals surface area contributed by atoms with Gasteiger partial charge in [-0.25, -0.2) is 0 Å².